The Balaban J connectivity index is 1.37. The second kappa shape index (κ2) is 8.68. The fourth-order valence-corrected chi connectivity index (χ4v) is 4.28. The van der Waals surface area contributed by atoms with Crippen LogP contribution in [0, 0.1) is 5.92 Å². The lowest BCUT2D eigenvalue weighted by Crippen LogP contribution is -2.53. The molecule has 0 N–H and O–H groups in total. The predicted molar refractivity (Wildman–Crippen MR) is 94.8 cm³/mol. The Kier molecular flexibility index (Phi) is 6.32. The topological polar surface area (TPSA) is 60.9 Å². The average Bonchev–Trinajstić information content (AvgIpc) is 3.15. The van der Waals surface area contributed by atoms with Crippen molar-refractivity contribution in [2.24, 2.45) is 5.92 Å². The van der Waals surface area contributed by atoms with Gasteiger partial charge in [0.05, 0.1) is 6.54 Å². The largest absolute Gasteiger partial charge is 0.339 e. The van der Waals surface area contributed by atoms with Crippen LogP contribution < -0.4 is 0 Å². The first-order valence-electron chi connectivity index (χ1n) is 9.97. The normalized spacial score (nSPS) is 22.6. The number of piperidine rings is 1. The maximum absolute atomic E-state index is 12.4. The molecule has 0 bridgehead atoms. The van der Waals surface area contributed by atoms with E-state index >= 15 is 0 Å². The maximum Gasteiger partial charge on any atom is 0.242 e. The number of rotatable bonds is 5. The van der Waals surface area contributed by atoms with Gasteiger partial charge in [-0.15, -0.1) is 0 Å². The van der Waals surface area contributed by atoms with E-state index in [0.29, 0.717) is 45.6 Å². The molecule has 3 fully saturated rings. The highest BCUT2D eigenvalue weighted by Gasteiger charge is 2.27. The van der Waals surface area contributed by atoms with Crippen molar-refractivity contribution < 1.29 is 14.4 Å². The number of hydrogen-bond donors (Lipinski definition) is 0. The van der Waals surface area contributed by atoms with Crippen molar-refractivity contribution >= 4 is 17.7 Å². The molecule has 0 aromatic rings. The van der Waals surface area contributed by atoms with Gasteiger partial charge in [0.2, 0.25) is 17.7 Å². The third-order valence-corrected chi connectivity index (χ3v) is 5.97. The summed E-state index contributed by atoms with van der Waals surface area (Å²) in [5.74, 6) is 1.10. The monoisotopic (exact) mass is 349 g/mol. The fourth-order valence-electron chi connectivity index (χ4n) is 4.28. The van der Waals surface area contributed by atoms with E-state index in [9.17, 15) is 14.4 Å². The van der Waals surface area contributed by atoms with Crippen molar-refractivity contribution in [1.29, 1.82) is 0 Å². The molecule has 0 atom stereocenters. The van der Waals surface area contributed by atoms with Gasteiger partial charge in [0.25, 0.3) is 0 Å². The molecule has 25 heavy (non-hydrogen) atoms. The molecular formula is C19H31N3O3. The van der Waals surface area contributed by atoms with Gasteiger partial charge in [-0.3, -0.25) is 14.4 Å². The number of likely N-dealkylation sites (tertiary alicyclic amines) is 1. The minimum absolute atomic E-state index is 0.0216. The van der Waals surface area contributed by atoms with Crippen molar-refractivity contribution in [1.82, 2.24) is 14.7 Å². The molecule has 2 saturated heterocycles. The lowest BCUT2D eigenvalue weighted by Gasteiger charge is -2.36. The Hall–Kier alpha value is -1.59. The van der Waals surface area contributed by atoms with Crippen molar-refractivity contribution in [2.45, 2.75) is 57.8 Å². The number of carbonyl (C=O) groups excluding carboxylic acids is 3. The van der Waals surface area contributed by atoms with E-state index in [1.807, 2.05) is 9.80 Å². The van der Waals surface area contributed by atoms with Crippen LogP contribution in [0.2, 0.25) is 0 Å². The Bertz CT molecular complexity index is 494. The van der Waals surface area contributed by atoms with Crippen LogP contribution in [0.3, 0.4) is 0 Å². The van der Waals surface area contributed by atoms with E-state index in [1.165, 1.54) is 25.7 Å². The van der Waals surface area contributed by atoms with Crippen LogP contribution in [0.15, 0.2) is 0 Å². The van der Waals surface area contributed by atoms with Crippen LogP contribution in [0.1, 0.15) is 57.8 Å². The zero-order valence-electron chi connectivity index (χ0n) is 15.3. The summed E-state index contributed by atoms with van der Waals surface area (Å²) in [5, 5.41) is 0. The molecule has 1 saturated carbocycles. The van der Waals surface area contributed by atoms with Gasteiger partial charge in [-0.05, 0) is 25.2 Å². The van der Waals surface area contributed by atoms with Gasteiger partial charge in [0.15, 0.2) is 0 Å². The van der Waals surface area contributed by atoms with Gasteiger partial charge >= 0.3 is 0 Å². The van der Waals surface area contributed by atoms with E-state index in [2.05, 4.69) is 0 Å². The molecule has 6 heteroatoms. The minimum atomic E-state index is 0.0216. The fraction of sp³-hybridized carbons (Fsp3) is 0.842. The van der Waals surface area contributed by atoms with Gasteiger partial charge in [-0.2, -0.15) is 0 Å². The molecule has 3 rings (SSSR count). The summed E-state index contributed by atoms with van der Waals surface area (Å²) in [6.45, 7) is 3.34. The number of amides is 3. The maximum atomic E-state index is 12.4. The SMILES string of the molecule is O=C(CCC1CCCC1)N1CCN(C(=O)CN2CCCCC2=O)CC1. The lowest BCUT2D eigenvalue weighted by atomic mass is 10.0. The molecule has 0 spiro atoms. The van der Waals surface area contributed by atoms with E-state index in [4.69, 9.17) is 0 Å². The zero-order valence-corrected chi connectivity index (χ0v) is 15.3. The second-order valence-corrected chi connectivity index (χ2v) is 7.72. The summed E-state index contributed by atoms with van der Waals surface area (Å²) in [6, 6.07) is 0. The van der Waals surface area contributed by atoms with Crippen molar-refractivity contribution in [3.63, 3.8) is 0 Å². The van der Waals surface area contributed by atoms with Crippen LogP contribution in [0.5, 0.6) is 0 Å². The molecular weight excluding hydrogens is 318 g/mol. The van der Waals surface area contributed by atoms with E-state index in [-0.39, 0.29) is 24.3 Å². The van der Waals surface area contributed by atoms with E-state index < -0.39 is 0 Å². The van der Waals surface area contributed by atoms with Gasteiger partial charge in [-0.1, -0.05) is 25.7 Å². The van der Waals surface area contributed by atoms with Crippen LogP contribution in [0.4, 0.5) is 0 Å². The predicted octanol–water partition coefficient (Wildman–Crippen LogP) is 1.64. The smallest absolute Gasteiger partial charge is 0.242 e. The minimum Gasteiger partial charge on any atom is -0.339 e. The van der Waals surface area contributed by atoms with Crippen LogP contribution in [-0.2, 0) is 14.4 Å². The number of nitrogens with zero attached hydrogens (tertiary/aromatic N) is 3. The van der Waals surface area contributed by atoms with E-state index in [1.54, 1.807) is 4.90 Å². The quantitative estimate of drug-likeness (QED) is 0.758. The first-order valence-corrected chi connectivity index (χ1v) is 9.97. The first kappa shape index (κ1) is 18.2. The molecule has 140 valence electrons. The van der Waals surface area contributed by atoms with Gasteiger partial charge in [0.1, 0.15) is 0 Å². The Labute approximate surface area is 150 Å². The molecule has 0 aromatic carbocycles. The summed E-state index contributed by atoms with van der Waals surface area (Å²) in [6.07, 6.45) is 9.37. The van der Waals surface area contributed by atoms with Crippen LogP contribution in [-0.4, -0.2) is 71.7 Å². The summed E-state index contributed by atoms with van der Waals surface area (Å²) >= 11 is 0. The van der Waals surface area contributed by atoms with Crippen molar-refractivity contribution in [3.8, 4) is 0 Å². The molecule has 0 radical (unpaired) electrons. The summed E-state index contributed by atoms with van der Waals surface area (Å²) in [4.78, 5) is 42.0. The molecule has 3 aliphatic rings. The van der Waals surface area contributed by atoms with Gasteiger partial charge < -0.3 is 14.7 Å². The lowest BCUT2D eigenvalue weighted by molar-refractivity contribution is -0.144. The summed E-state index contributed by atoms with van der Waals surface area (Å²) < 4.78 is 0. The first-order chi connectivity index (χ1) is 12.1. The molecule has 1 aliphatic carbocycles. The summed E-state index contributed by atoms with van der Waals surface area (Å²) in [7, 11) is 0. The molecule has 2 aliphatic heterocycles. The second-order valence-electron chi connectivity index (χ2n) is 7.72. The van der Waals surface area contributed by atoms with Gasteiger partial charge in [0, 0.05) is 45.6 Å². The highest BCUT2D eigenvalue weighted by molar-refractivity contribution is 5.85. The number of carbonyl (C=O) groups is 3. The highest BCUT2D eigenvalue weighted by Crippen LogP contribution is 2.28. The third kappa shape index (κ3) is 4.95. The Morgan fingerprint density at radius 1 is 0.840 bits per heavy atom. The molecule has 0 aromatic heterocycles. The van der Waals surface area contributed by atoms with E-state index in [0.717, 1.165) is 25.2 Å². The molecule has 6 nitrogen and oxygen atoms in total. The number of piperazine rings is 1. The highest BCUT2D eigenvalue weighted by atomic mass is 16.2. The standard InChI is InChI=1S/C19H31N3O3/c23-17-7-3-4-10-22(17)15-19(25)21-13-11-20(12-14-21)18(24)9-8-16-5-1-2-6-16/h16H,1-15H2. The third-order valence-electron chi connectivity index (χ3n) is 5.97. The van der Waals surface area contributed by atoms with Crippen LogP contribution in [0.25, 0.3) is 0 Å². The molecule has 2 heterocycles. The molecule has 3 amide bonds. The molecule has 0 unspecified atom stereocenters. The number of hydrogen-bond acceptors (Lipinski definition) is 3. The van der Waals surface area contributed by atoms with Crippen LogP contribution >= 0.6 is 0 Å². The van der Waals surface area contributed by atoms with Crippen molar-refractivity contribution in [2.75, 3.05) is 39.3 Å². The summed E-state index contributed by atoms with van der Waals surface area (Å²) in [5.41, 5.74) is 0. The zero-order chi connectivity index (χ0) is 17.6. The Morgan fingerprint density at radius 3 is 2.12 bits per heavy atom. The Morgan fingerprint density at radius 2 is 1.48 bits per heavy atom. The van der Waals surface area contributed by atoms with Crippen molar-refractivity contribution in [3.05, 3.63) is 0 Å². The average molecular weight is 349 g/mol. The van der Waals surface area contributed by atoms with Gasteiger partial charge in [-0.25, -0.2) is 0 Å².